The van der Waals surface area contributed by atoms with Gasteiger partial charge in [0, 0.05) is 36.2 Å². The third kappa shape index (κ3) is 4.40. The molecule has 2 aliphatic rings. The van der Waals surface area contributed by atoms with Crippen LogP contribution in [0.1, 0.15) is 74.2 Å². The molecule has 2 aliphatic heterocycles. The molecule has 1 aromatic carbocycles. The van der Waals surface area contributed by atoms with Gasteiger partial charge in [0.2, 0.25) is 17.7 Å². The van der Waals surface area contributed by atoms with Crippen molar-refractivity contribution in [1.29, 1.82) is 0 Å². The molecule has 0 aromatic heterocycles. The smallest absolute Gasteiger partial charge is 0.255 e. The van der Waals surface area contributed by atoms with Crippen molar-refractivity contribution in [2.45, 2.75) is 70.9 Å². The summed E-state index contributed by atoms with van der Waals surface area (Å²) in [6.45, 7) is 2.41. The zero-order valence-corrected chi connectivity index (χ0v) is 16.3. The number of carbonyl (C=O) groups excluding carboxylic acids is 4. The maximum absolute atomic E-state index is 12.8. The van der Waals surface area contributed by atoms with E-state index in [0.29, 0.717) is 24.1 Å². The number of hydrogen-bond acceptors (Lipinski definition) is 4. The summed E-state index contributed by atoms with van der Waals surface area (Å²) in [6.07, 6.45) is 6.38. The first-order valence-electron chi connectivity index (χ1n) is 10.1. The number of piperidine rings is 1. The SMILES string of the molecule is CCCCCCCC(=O)Nc1cccc2c1CN(C1CCC(=O)NC1=O)C2=O. The van der Waals surface area contributed by atoms with Crippen LogP contribution in [0.4, 0.5) is 5.69 Å². The molecular weight excluding hydrogens is 358 g/mol. The highest BCUT2D eigenvalue weighted by Gasteiger charge is 2.39. The summed E-state index contributed by atoms with van der Waals surface area (Å²) < 4.78 is 0. The fourth-order valence-corrected chi connectivity index (χ4v) is 3.80. The number of fused-ring (bicyclic) bond motifs is 1. The number of nitrogens with one attached hydrogen (secondary N) is 2. The lowest BCUT2D eigenvalue weighted by molar-refractivity contribution is -0.137. The molecule has 1 aromatic rings. The van der Waals surface area contributed by atoms with E-state index in [-0.39, 0.29) is 30.7 Å². The summed E-state index contributed by atoms with van der Waals surface area (Å²) >= 11 is 0. The Hall–Kier alpha value is -2.70. The minimum atomic E-state index is -0.653. The van der Waals surface area contributed by atoms with Crippen LogP contribution in [0, 0.1) is 0 Å². The van der Waals surface area contributed by atoms with Gasteiger partial charge in [-0.25, -0.2) is 0 Å². The predicted molar refractivity (Wildman–Crippen MR) is 104 cm³/mol. The van der Waals surface area contributed by atoms with Gasteiger partial charge in [-0.15, -0.1) is 0 Å². The highest BCUT2D eigenvalue weighted by atomic mass is 16.2. The second-order valence-electron chi connectivity index (χ2n) is 7.44. The average molecular weight is 385 g/mol. The normalized spacial score (nSPS) is 18.8. The first-order valence-corrected chi connectivity index (χ1v) is 10.1. The first kappa shape index (κ1) is 20.0. The van der Waals surface area contributed by atoms with Gasteiger partial charge < -0.3 is 10.2 Å². The zero-order chi connectivity index (χ0) is 20.1. The number of benzene rings is 1. The quantitative estimate of drug-likeness (QED) is 0.531. The van der Waals surface area contributed by atoms with E-state index < -0.39 is 11.9 Å². The molecule has 1 fully saturated rings. The van der Waals surface area contributed by atoms with E-state index in [4.69, 9.17) is 0 Å². The number of unbranched alkanes of at least 4 members (excludes halogenated alkanes) is 4. The van der Waals surface area contributed by atoms with Crippen molar-refractivity contribution in [2.24, 2.45) is 0 Å². The molecule has 0 radical (unpaired) electrons. The van der Waals surface area contributed by atoms with Gasteiger partial charge >= 0.3 is 0 Å². The summed E-state index contributed by atoms with van der Waals surface area (Å²) in [6, 6.07) is 4.58. The Morgan fingerprint density at radius 2 is 1.96 bits per heavy atom. The van der Waals surface area contributed by atoms with Crippen LogP contribution in [0.3, 0.4) is 0 Å². The van der Waals surface area contributed by atoms with Crippen LogP contribution in [0.15, 0.2) is 18.2 Å². The van der Waals surface area contributed by atoms with E-state index in [1.165, 1.54) is 17.7 Å². The Labute approximate surface area is 164 Å². The Morgan fingerprint density at radius 3 is 2.71 bits per heavy atom. The second-order valence-corrected chi connectivity index (χ2v) is 7.44. The van der Waals surface area contributed by atoms with Crippen LogP contribution >= 0.6 is 0 Å². The van der Waals surface area contributed by atoms with Gasteiger partial charge in [0.1, 0.15) is 6.04 Å². The maximum Gasteiger partial charge on any atom is 0.255 e. The van der Waals surface area contributed by atoms with Gasteiger partial charge in [0.05, 0.1) is 0 Å². The summed E-state index contributed by atoms with van der Waals surface area (Å²) in [7, 11) is 0. The molecule has 3 rings (SSSR count). The molecule has 0 bridgehead atoms. The molecule has 150 valence electrons. The largest absolute Gasteiger partial charge is 0.326 e. The highest BCUT2D eigenvalue weighted by Crippen LogP contribution is 2.32. The minimum Gasteiger partial charge on any atom is -0.326 e. The lowest BCUT2D eigenvalue weighted by atomic mass is 10.0. The van der Waals surface area contributed by atoms with Crippen molar-refractivity contribution >= 4 is 29.3 Å². The van der Waals surface area contributed by atoms with E-state index in [0.717, 1.165) is 24.8 Å². The van der Waals surface area contributed by atoms with Crippen molar-refractivity contribution < 1.29 is 19.2 Å². The Balaban J connectivity index is 1.64. The third-order valence-electron chi connectivity index (χ3n) is 5.36. The van der Waals surface area contributed by atoms with Crippen LogP contribution in [0.2, 0.25) is 0 Å². The van der Waals surface area contributed by atoms with E-state index >= 15 is 0 Å². The van der Waals surface area contributed by atoms with Gasteiger partial charge in [-0.2, -0.15) is 0 Å². The van der Waals surface area contributed by atoms with E-state index in [1.807, 2.05) is 0 Å². The molecule has 28 heavy (non-hydrogen) atoms. The van der Waals surface area contributed by atoms with Gasteiger partial charge in [-0.3, -0.25) is 24.5 Å². The topological polar surface area (TPSA) is 95.6 Å². The lowest BCUT2D eigenvalue weighted by Crippen LogP contribution is -2.52. The number of amides is 4. The molecule has 1 atom stereocenters. The van der Waals surface area contributed by atoms with Gasteiger partial charge in [0.15, 0.2) is 0 Å². The lowest BCUT2D eigenvalue weighted by Gasteiger charge is -2.29. The molecule has 0 aliphatic carbocycles. The Kier molecular flexibility index (Phi) is 6.44. The van der Waals surface area contributed by atoms with Crippen molar-refractivity contribution in [3.8, 4) is 0 Å². The molecule has 2 N–H and O–H groups in total. The molecule has 0 spiro atoms. The zero-order valence-electron chi connectivity index (χ0n) is 16.3. The van der Waals surface area contributed by atoms with E-state index in [2.05, 4.69) is 17.6 Å². The van der Waals surface area contributed by atoms with Crippen LogP contribution in [-0.4, -0.2) is 34.6 Å². The molecule has 4 amide bonds. The van der Waals surface area contributed by atoms with Crippen LogP contribution < -0.4 is 10.6 Å². The van der Waals surface area contributed by atoms with Crippen molar-refractivity contribution in [2.75, 3.05) is 5.32 Å². The molecule has 0 saturated carbocycles. The first-order chi connectivity index (χ1) is 13.5. The van der Waals surface area contributed by atoms with Crippen molar-refractivity contribution in [3.63, 3.8) is 0 Å². The standard InChI is InChI=1S/C21H27N3O4/c1-2-3-4-5-6-10-18(25)22-16-9-7-8-14-15(16)13-24(21(14)28)17-11-12-19(26)23-20(17)27/h7-9,17H,2-6,10-13H2,1H3,(H,22,25)(H,23,26,27). The molecule has 1 saturated heterocycles. The maximum atomic E-state index is 12.8. The average Bonchev–Trinajstić information content (AvgIpc) is 2.99. The number of carbonyl (C=O) groups is 4. The number of nitrogens with zero attached hydrogens (tertiary/aromatic N) is 1. The van der Waals surface area contributed by atoms with Crippen molar-refractivity contribution in [3.05, 3.63) is 29.3 Å². The van der Waals surface area contributed by atoms with Gasteiger partial charge in [0.25, 0.3) is 5.91 Å². The predicted octanol–water partition coefficient (Wildman–Crippen LogP) is 2.75. The van der Waals surface area contributed by atoms with Crippen LogP contribution in [0.25, 0.3) is 0 Å². The Bertz CT molecular complexity index is 790. The van der Waals surface area contributed by atoms with Crippen LogP contribution in [0.5, 0.6) is 0 Å². The molecule has 7 heteroatoms. The third-order valence-corrected chi connectivity index (χ3v) is 5.36. The molecule has 2 heterocycles. The summed E-state index contributed by atoms with van der Waals surface area (Å²) in [5.41, 5.74) is 1.86. The van der Waals surface area contributed by atoms with Crippen LogP contribution in [-0.2, 0) is 20.9 Å². The fraction of sp³-hybridized carbons (Fsp3) is 0.524. The monoisotopic (exact) mass is 385 g/mol. The number of imide groups is 1. The summed E-state index contributed by atoms with van der Waals surface area (Å²) in [5, 5.41) is 5.22. The molecule has 7 nitrogen and oxygen atoms in total. The summed E-state index contributed by atoms with van der Waals surface area (Å²) in [5.74, 6) is -1.04. The Morgan fingerprint density at radius 1 is 1.18 bits per heavy atom. The number of hydrogen-bond donors (Lipinski definition) is 2. The van der Waals surface area contributed by atoms with Crippen molar-refractivity contribution in [1.82, 2.24) is 10.2 Å². The summed E-state index contributed by atoms with van der Waals surface area (Å²) in [4.78, 5) is 50.1. The van der Waals surface area contributed by atoms with E-state index in [1.54, 1.807) is 18.2 Å². The van der Waals surface area contributed by atoms with Gasteiger partial charge in [-0.1, -0.05) is 38.7 Å². The number of rotatable bonds is 8. The molecular formula is C21H27N3O4. The number of anilines is 1. The van der Waals surface area contributed by atoms with E-state index in [9.17, 15) is 19.2 Å². The van der Waals surface area contributed by atoms with Gasteiger partial charge in [-0.05, 0) is 25.0 Å². The second kappa shape index (κ2) is 8.99. The highest BCUT2D eigenvalue weighted by molar-refractivity contribution is 6.06. The minimum absolute atomic E-state index is 0.0585. The fourth-order valence-electron chi connectivity index (χ4n) is 3.80. The molecule has 1 unspecified atom stereocenters.